The molecule has 4 heteroatoms. The van der Waals surface area contributed by atoms with Crippen LogP contribution in [0.5, 0.6) is 0 Å². The molecule has 0 saturated carbocycles. The molecule has 0 bridgehead atoms. The van der Waals surface area contributed by atoms with Crippen molar-refractivity contribution in [3.63, 3.8) is 0 Å². The molecule has 18 heavy (non-hydrogen) atoms. The summed E-state index contributed by atoms with van der Waals surface area (Å²) in [6.07, 6.45) is 0.808. The molecule has 1 atom stereocenters. The van der Waals surface area contributed by atoms with Crippen molar-refractivity contribution in [3.8, 4) is 0 Å². The first-order valence-electron chi connectivity index (χ1n) is 5.82. The molecule has 0 amide bonds. The maximum atomic E-state index is 13.3. The lowest BCUT2D eigenvalue weighted by Gasteiger charge is -2.12. The predicted molar refractivity (Wildman–Crippen MR) is 70.3 cm³/mol. The first kappa shape index (κ1) is 13.1. The van der Waals surface area contributed by atoms with Crippen molar-refractivity contribution in [2.24, 2.45) is 5.73 Å². The summed E-state index contributed by atoms with van der Waals surface area (Å²) in [5.41, 5.74) is 7.30. The second-order valence-corrected chi connectivity index (χ2v) is 4.67. The lowest BCUT2D eigenvalue weighted by molar-refractivity contribution is 0.453. The van der Waals surface area contributed by atoms with Gasteiger partial charge in [-0.2, -0.15) is 0 Å². The summed E-state index contributed by atoms with van der Waals surface area (Å²) in [6, 6.07) is 6.20. The van der Waals surface area contributed by atoms with Crippen molar-refractivity contribution < 1.29 is 8.81 Å². The summed E-state index contributed by atoms with van der Waals surface area (Å²) < 4.78 is 18.9. The number of hydrogen-bond donors (Lipinski definition) is 1. The Bertz CT molecular complexity index is 565. The number of halogens is 2. The first-order chi connectivity index (χ1) is 8.52. The summed E-state index contributed by atoms with van der Waals surface area (Å²) in [5, 5.41) is 0.319. The molecule has 0 aliphatic heterocycles. The number of benzene rings is 1. The van der Waals surface area contributed by atoms with Gasteiger partial charge in [0.15, 0.2) is 0 Å². The van der Waals surface area contributed by atoms with Crippen LogP contribution in [0.3, 0.4) is 0 Å². The average Bonchev–Trinajstić information content (AvgIpc) is 2.81. The lowest BCUT2D eigenvalue weighted by atomic mass is 10.0. The molecule has 2 N–H and O–H groups in total. The van der Waals surface area contributed by atoms with Crippen molar-refractivity contribution in [3.05, 3.63) is 57.8 Å². The fourth-order valence-corrected chi connectivity index (χ4v) is 2.09. The van der Waals surface area contributed by atoms with E-state index in [1.807, 2.05) is 19.1 Å². The van der Waals surface area contributed by atoms with E-state index in [0.29, 0.717) is 21.9 Å². The summed E-state index contributed by atoms with van der Waals surface area (Å²) in [7, 11) is 0. The molecule has 2 aromatic rings. The predicted octanol–water partition coefficient (Wildman–Crippen LogP) is 3.99. The highest BCUT2D eigenvalue weighted by Gasteiger charge is 2.17. The van der Waals surface area contributed by atoms with E-state index in [2.05, 4.69) is 0 Å². The highest BCUT2D eigenvalue weighted by molar-refractivity contribution is 6.31. The number of rotatable bonds is 3. The van der Waals surface area contributed by atoms with Crippen LogP contribution in [0.2, 0.25) is 5.02 Å². The van der Waals surface area contributed by atoms with Crippen LogP contribution in [-0.4, -0.2) is 0 Å². The van der Waals surface area contributed by atoms with Gasteiger partial charge >= 0.3 is 0 Å². The fourth-order valence-electron chi connectivity index (χ4n) is 1.82. The maximum Gasteiger partial charge on any atom is 0.127 e. The molecule has 0 spiro atoms. The highest BCUT2D eigenvalue weighted by Crippen LogP contribution is 2.29. The van der Waals surface area contributed by atoms with Gasteiger partial charge in [0.05, 0.1) is 6.04 Å². The van der Waals surface area contributed by atoms with Gasteiger partial charge in [0.25, 0.3) is 0 Å². The Labute approximate surface area is 111 Å². The molecular weight excluding hydrogens is 253 g/mol. The normalized spacial score (nSPS) is 12.7. The Balaban J connectivity index is 2.39. The molecule has 0 radical (unpaired) electrons. The van der Waals surface area contributed by atoms with Crippen molar-refractivity contribution >= 4 is 11.6 Å². The van der Waals surface area contributed by atoms with E-state index in [1.165, 1.54) is 6.07 Å². The molecule has 0 fully saturated rings. The van der Waals surface area contributed by atoms with Gasteiger partial charge in [-0.1, -0.05) is 18.5 Å². The quantitative estimate of drug-likeness (QED) is 0.913. The fraction of sp³-hybridized carbons (Fsp3) is 0.286. The van der Waals surface area contributed by atoms with E-state index in [1.54, 1.807) is 13.0 Å². The maximum absolute atomic E-state index is 13.3. The zero-order valence-corrected chi connectivity index (χ0v) is 11.1. The zero-order valence-electron chi connectivity index (χ0n) is 10.3. The van der Waals surface area contributed by atoms with Crippen LogP contribution >= 0.6 is 11.6 Å². The van der Waals surface area contributed by atoms with Crippen LogP contribution < -0.4 is 5.73 Å². The van der Waals surface area contributed by atoms with Crippen molar-refractivity contribution in [1.29, 1.82) is 0 Å². The van der Waals surface area contributed by atoms with Crippen LogP contribution in [0.4, 0.5) is 4.39 Å². The molecule has 1 aromatic heterocycles. The molecule has 0 aliphatic rings. The van der Waals surface area contributed by atoms with Crippen molar-refractivity contribution in [2.75, 3.05) is 0 Å². The summed E-state index contributed by atoms with van der Waals surface area (Å²) in [6.45, 7) is 3.69. The average molecular weight is 268 g/mol. The Morgan fingerprint density at radius 1 is 1.39 bits per heavy atom. The first-order valence-corrected chi connectivity index (χ1v) is 6.20. The summed E-state index contributed by atoms with van der Waals surface area (Å²) in [5.74, 6) is 1.18. The van der Waals surface area contributed by atoms with Crippen LogP contribution in [0, 0.1) is 12.7 Å². The largest absolute Gasteiger partial charge is 0.464 e. The van der Waals surface area contributed by atoms with E-state index in [4.69, 9.17) is 21.8 Å². The number of furan rings is 1. The molecule has 1 heterocycles. The Hall–Kier alpha value is -1.32. The SMILES string of the molecule is CCc1ccc(C(N)c2cc(C)c(F)cc2Cl)o1. The van der Waals surface area contributed by atoms with Gasteiger partial charge in [-0.25, -0.2) is 4.39 Å². The number of hydrogen-bond acceptors (Lipinski definition) is 2. The van der Waals surface area contributed by atoms with E-state index in [0.717, 1.165) is 12.2 Å². The minimum Gasteiger partial charge on any atom is -0.464 e. The van der Waals surface area contributed by atoms with Gasteiger partial charge in [0.1, 0.15) is 17.3 Å². The lowest BCUT2D eigenvalue weighted by Crippen LogP contribution is -2.12. The minimum atomic E-state index is -0.475. The molecule has 0 aliphatic carbocycles. The van der Waals surface area contributed by atoms with Crippen LogP contribution in [0.1, 0.15) is 35.6 Å². The molecule has 2 rings (SSSR count). The number of nitrogens with two attached hydrogens (primary N) is 1. The minimum absolute atomic E-state index is 0.319. The third-order valence-corrected chi connectivity index (χ3v) is 3.28. The summed E-state index contributed by atoms with van der Waals surface area (Å²) >= 11 is 6.03. The summed E-state index contributed by atoms with van der Waals surface area (Å²) in [4.78, 5) is 0. The molecule has 2 nitrogen and oxygen atoms in total. The Morgan fingerprint density at radius 3 is 2.72 bits per heavy atom. The second kappa shape index (κ2) is 5.12. The van der Waals surface area contributed by atoms with E-state index in [-0.39, 0.29) is 5.82 Å². The topological polar surface area (TPSA) is 39.2 Å². The van der Waals surface area contributed by atoms with Crippen molar-refractivity contribution in [1.82, 2.24) is 0 Å². The van der Waals surface area contributed by atoms with E-state index < -0.39 is 6.04 Å². The third kappa shape index (κ3) is 2.42. The third-order valence-electron chi connectivity index (χ3n) is 2.95. The van der Waals surface area contributed by atoms with Crippen LogP contribution in [-0.2, 0) is 6.42 Å². The van der Waals surface area contributed by atoms with Gasteiger partial charge in [-0.15, -0.1) is 0 Å². The van der Waals surface area contributed by atoms with E-state index >= 15 is 0 Å². The van der Waals surface area contributed by atoms with E-state index in [9.17, 15) is 4.39 Å². The molecular formula is C14H15ClFNO. The zero-order chi connectivity index (χ0) is 13.3. The van der Waals surface area contributed by atoms with Gasteiger partial charge in [0.2, 0.25) is 0 Å². The van der Waals surface area contributed by atoms with Gasteiger partial charge in [-0.05, 0) is 42.3 Å². The highest BCUT2D eigenvalue weighted by atomic mass is 35.5. The Morgan fingerprint density at radius 2 is 2.11 bits per heavy atom. The molecule has 1 aromatic carbocycles. The monoisotopic (exact) mass is 267 g/mol. The standard InChI is InChI=1S/C14H15ClFNO/c1-3-9-4-5-13(18-9)14(17)10-6-8(2)12(16)7-11(10)15/h4-7,14H,3,17H2,1-2H3. The molecule has 96 valence electrons. The van der Waals surface area contributed by atoms with Gasteiger partial charge < -0.3 is 10.2 Å². The van der Waals surface area contributed by atoms with Crippen molar-refractivity contribution in [2.45, 2.75) is 26.3 Å². The van der Waals surface area contributed by atoms with Crippen LogP contribution in [0.15, 0.2) is 28.7 Å². The smallest absolute Gasteiger partial charge is 0.127 e. The van der Waals surface area contributed by atoms with Gasteiger partial charge in [0, 0.05) is 11.4 Å². The molecule has 0 saturated heterocycles. The Kier molecular flexibility index (Phi) is 3.73. The number of aryl methyl sites for hydroxylation is 2. The van der Waals surface area contributed by atoms with Crippen LogP contribution in [0.25, 0.3) is 0 Å². The molecule has 1 unspecified atom stereocenters. The second-order valence-electron chi connectivity index (χ2n) is 4.26. The van der Waals surface area contributed by atoms with Gasteiger partial charge in [-0.3, -0.25) is 0 Å².